The topological polar surface area (TPSA) is 163 Å². The van der Waals surface area contributed by atoms with Crippen molar-refractivity contribution in [2.75, 3.05) is 20.7 Å². The monoisotopic (exact) mass is 514 g/mol. The van der Waals surface area contributed by atoms with E-state index in [1.54, 1.807) is 0 Å². The summed E-state index contributed by atoms with van der Waals surface area (Å²) in [6, 6.07) is 6.64. The molecule has 2 aromatic carbocycles. The molecule has 3 rings (SSSR count). The molecule has 1 aliphatic heterocycles. The van der Waals surface area contributed by atoms with Crippen LogP contribution in [0.2, 0.25) is 0 Å². The highest BCUT2D eigenvalue weighted by atomic mass is 19.4. The van der Waals surface area contributed by atoms with Crippen LogP contribution in [0.3, 0.4) is 0 Å². The number of nitrogens with two attached hydrogens (primary N) is 1. The van der Waals surface area contributed by atoms with E-state index in [0.29, 0.717) is 6.07 Å². The van der Waals surface area contributed by atoms with Gasteiger partial charge < -0.3 is 40.5 Å². The SMILES string of the molecule is CN(C)C(=O)c1cc(C(N)=O)cc(-c2ccc(O[C@H]3O[C@H](CO)C(O)C(O)[C@@H]3O)c(C(F)(F)F)c2)c1. The van der Waals surface area contributed by atoms with Crippen LogP contribution >= 0.6 is 0 Å². The number of hydrogen-bond acceptors (Lipinski definition) is 8. The van der Waals surface area contributed by atoms with Gasteiger partial charge in [0.1, 0.15) is 30.2 Å². The summed E-state index contributed by atoms with van der Waals surface area (Å²) in [5, 5.41) is 39.1. The smallest absolute Gasteiger partial charge is 0.419 e. The number of halogens is 3. The first-order valence-corrected chi connectivity index (χ1v) is 10.6. The molecule has 13 heteroatoms. The molecule has 1 fully saturated rings. The minimum absolute atomic E-state index is 0.0283. The average Bonchev–Trinajstić information content (AvgIpc) is 2.82. The van der Waals surface area contributed by atoms with Gasteiger partial charge in [0.25, 0.3) is 5.91 Å². The molecule has 2 amide bonds. The van der Waals surface area contributed by atoms with E-state index < -0.39 is 66.6 Å². The molecule has 1 aliphatic rings. The summed E-state index contributed by atoms with van der Waals surface area (Å²) >= 11 is 0. The van der Waals surface area contributed by atoms with Gasteiger partial charge >= 0.3 is 6.18 Å². The van der Waals surface area contributed by atoms with Crippen molar-refractivity contribution in [1.82, 2.24) is 4.90 Å². The van der Waals surface area contributed by atoms with Crippen molar-refractivity contribution in [2.24, 2.45) is 5.73 Å². The highest BCUT2D eigenvalue weighted by Crippen LogP contribution is 2.40. The number of rotatable bonds is 6. The minimum Gasteiger partial charge on any atom is -0.461 e. The quantitative estimate of drug-likeness (QED) is 0.369. The maximum absolute atomic E-state index is 14.0. The molecule has 196 valence electrons. The molecule has 0 aromatic heterocycles. The van der Waals surface area contributed by atoms with E-state index in [4.69, 9.17) is 15.2 Å². The lowest BCUT2D eigenvalue weighted by atomic mass is 9.97. The molecular weight excluding hydrogens is 489 g/mol. The predicted molar refractivity (Wildman–Crippen MR) is 118 cm³/mol. The number of alkyl halides is 3. The number of amides is 2. The molecule has 2 unspecified atom stereocenters. The maximum atomic E-state index is 14.0. The molecule has 10 nitrogen and oxygen atoms in total. The third kappa shape index (κ3) is 5.60. The van der Waals surface area contributed by atoms with E-state index in [0.717, 1.165) is 6.07 Å². The molecule has 5 atom stereocenters. The Kier molecular flexibility index (Phi) is 7.91. The number of nitrogens with zero attached hydrogens (tertiary/aromatic N) is 1. The third-order valence-corrected chi connectivity index (χ3v) is 5.58. The summed E-state index contributed by atoms with van der Waals surface area (Å²) in [7, 11) is 2.93. The lowest BCUT2D eigenvalue weighted by Crippen LogP contribution is -2.60. The van der Waals surface area contributed by atoms with Crippen molar-refractivity contribution in [2.45, 2.75) is 36.9 Å². The zero-order chi connectivity index (χ0) is 26.9. The number of ether oxygens (including phenoxy) is 2. The Hall–Kier alpha value is -3.23. The summed E-state index contributed by atoms with van der Waals surface area (Å²) in [6.45, 7) is -0.792. The molecule has 1 saturated heterocycles. The average molecular weight is 514 g/mol. The molecule has 0 radical (unpaired) electrons. The Balaban J connectivity index is 2.05. The number of hydrogen-bond donors (Lipinski definition) is 5. The van der Waals surface area contributed by atoms with Gasteiger partial charge in [-0.3, -0.25) is 9.59 Å². The molecular formula is C23H25F3N2O8. The van der Waals surface area contributed by atoms with Crippen LogP contribution < -0.4 is 10.5 Å². The summed E-state index contributed by atoms with van der Waals surface area (Å²) < 4.78 is 52.2. The fourth-order valence-corrected chi connectivity index (χ4v) is 3.64. The molecule has 0 bridgehead atoms. The van der Waals surface area contributed by atoms with E-state index in [2.05, 4.69) is 0 Å². The highest BCUT2D eigenvalue weighted by molar-refractivity contribution is 6.00. The van der Waals surface area contributed by atoms with E-state index in [1.807, 2.05) is 0 Å². The van der Waals surface area contributed by atoms with Crippen LogP contribution in [0.5, 0.6) is 5.75 Å². The van der Waals surface area contributed by atoms with E-state index in [1.165, 1.54) is 43.3 Å². The third-order valence-electron chi connectivity index (χ3n) is 5.58. The number of primary amides is 1. The van der Waals surface area contributed by atoms with E-state index >= 15 is 0 Å². The van der Waals surface area contributed by atoms with Gasteiger partial charge in [-0.15, -0.1) is 0 Å². The Morgan fingerprint density at radius 2 is 1.64 bits per heavy atom. The lowest BCUT2D eigenvalue weighted by Gasteiger charge is -2.39. The number of aliphatic hydroxyl groups is 4. The number of carbonyl (C=O) groups excluding carboxylic acids is 2. The molecule has 1 heterocycles. The Labute approximate surface area is 203 Å². The standard InChI is InChI=1S/C23H25F3N2O8/c1-28(2)21(34)13-6-11(5-12(7-13)20(27)33)10-3-4-15(14(8-10)23(24,25)26)35-22-19(32)18(31)17(30)16(9-29)36-22/h3-8,16-19,22,29-32H,9H2,1-2H3,(H2,27,33)/t16-,17?,18?,19+,22+/m1/s1. The van der Waals surface area contributed by atoms with Crippen molar-refractivity contribution in [3.63, 3.8) is 0 Å². The van der Waals surface area contributed by atoms with Crippen LogP contribution in [-0.2, 0) is 10.9 Å². The van der Waals surface area contributed by atoms with Crippen LogP contribution in [0.15, 0.2) is 36.4 Å². The summed E-state index contributed by atoms with van der Waals surface area (Å²) in [6.07, 6.45) is -13.7. The van der Waals surface area contributed by atoms with Gasteiger partial charge in [0.05, 0.1) is 12.2 Å². The number of aliphatic hydroxyl groups excluding tert-OH is 4. The van der Waals surface area contributed by atoms with Gasteiger partial charge in [0, 0.05) is 25.2 Å². The second-order valence-electron chi connectivity index (χ2n) is 8.39. The fourth-order valence-electron chi connectivity index (χ4n) is 3.64. The maximum Gasteiger partial charge on any atom is 0.419 e. The van der Waals surface area contributed by atoms with Gasteiger partial charge in [-0.25, -0.2) is 0 Å². The van der Waals surface area contributed by atoms with Crippen LogP contribution in [0, 0.1) is 0 Å². The van der Waals surface area contributed by atoms with E-state index in [9.17, 15) is 43.2 Å². The normalized spacial score (nSPS) is 24.3. The number of carbonyl (C=O) groups is 2. The summed E-state index contributed by atoms with van der Waals surface area (Å²) in [5.41, 5.74) is 4.05. The van der Waals surface area contributed by atoms with Gasteiger partial charge in [-0.2, -0.15) is 13.2 Å². The van der Waals surface area contributed by atoms with Crippen LogP contribution in [-0.4, -0.2) is 88.5 Å². The first kappa shape index (κ1) is 27.4. The molecule has 6 N–H and O–H groups in total. The first-order chi connectivity index (χ1) is 16.7. The van der Waals surface area contributed by atoms with Gasteiger partial charge in [-0.1, -0.05) is 6.07 Å². The number of benzene rings is 2. The Morgan fingerprint density at radius 3 is 2.19 bits per heavy atom. The van der Waals surface area contributed by atoms with E-state index in [-0.39, 0.29) is 22.3 Å². The van der Waals surface area contributed by atoms with Gasteiger partial charge in [0.15, 0.2) is 0 Å². The van der Waals surface area contributed by atoms with Crippen molar-refractivity contribution in [1.29, 1.82) is 0 Å². The van der Waals surface area contributed by atoms with Crippen molar-refractivity contribution in [3.05, 3.63) is 53.1 Å². The van der Waals surface area contributed by atoms with Crippen LogP contribution in [0.25, 0.3) is 11.1 Å². The van der Waals surface area contributed by atoms with Crippen LogP contribution in [0.1, 0.15) is 26.3 Å². The Morgan fingerprint density at radius 1 is 1.00 bits per heavy atom. The van der Waals surface area contributed by atoms with Crippen LogP contribution in [0.4, 0.5) is 13.2 Å². The van der Waals surface area contributed by atoms with Crippen molar-refractivity contribution >= 4 is 11.8 Å². The first-order valence-electron chi connectivity index (χ1n) is 10.6. The molecule has 0 aliphatic carbocycles. The van der Waals surface area contributed by atoms with Crippen molar-refractivity contribution in [3.8, 4) is 16.9 Å². The predicted octanol–water partition coefficient (Wildman–Crippen LogP) is 0.352. The summed E-state index contributed by atoms with van der Waals surface area (Å²) in [4.78, 5) is 25.4. The minimum atomic E-state index is -4.96. The zero-order valence-electron chi connectivity index (χ0n) is 19.1. The van der Waals surface area contributed by atoms with Gasteiger partial charge in [-0.05, 0) is 41.5 Å². The molecule has 0 spiro atoms. The van der Waals surface area contributed by atoms with Crippen molar-refractivity contribution < 1.29 is 52.7 Å². The molecule has 2 aromatic rings. The Bertz CT molecular complexity index is 1140. The molecule has 0 saturated carbocycles. The molecule has 36 heavy (non-hydrogen) atoms. The second-order valence-corrected chi connectivity index (χ2v) is 8.39. The lowest BCUT2D eigenvalue weighted by molar-refractivity contribution is -0.278. The highest BCUT2D eigenvalue weighted by Gasteiger charge is 2.45. The zero-order valence-corrected chi connectivity index (χ0v) is 19.1. The fraction of sp³-hybridized carbons (Fsp3) is 0.391. The summed E-state index contributed by atoms with van der Waals surface area (Å²) in [5.74, 6) is -2.16. The largest absolute Gasteiger partial charge is 0.461 e. The second kappa shape index (κ2) is 10.4. The van der Waals surface area contributed by atoms with Gasteiger partial charge in [0.2, 0.25) is 12.2 Å².